The smallest absolute Gasteiger partial charge is 0.232 e. The molecule has 1 heterocycles. The lowest BCUT2D eigenvalue weighted by molar-refractivity contribution is -0.0273. The third-order valence-electron chi connectivity index (χ3n) is 6.65. The van der Waals surface area contributed by atoms with E-state index in [0.717, 1.165) is 38.9 Å². The zero-order chi connectivity index (χ0) is 25.4. The molecule has 0 amide bonds. The fraction of sp³-hybridized carbons (Fsp3) is 0.379. The van der Waals surface area contributed by atoms with Gasteiger partial charge in [-0.25, -0.2) is 8.42 Å². The second-order valence-electron chi connectivity index (χ2n) is 9.28. The zero-order valence-corrected chi connectivity index (χ0v) is 21.9. The summed E-state index contributed by atoms with van der Waals surface area (Å²) in [5.74, 6) is 0.588. The van der Waals surface area contributed by atoms with Crippen molar-refractivity contribution in [3.63, 3.8) is 0 Å². The summed E-state index contributed by atoms with van der Waals surface area (Å²) in [4.78, 5) is 2.46. The molecule has 0 aromatic heterocycles. The van der Waals surface area contributed by atoms with Gasteiger partial charge in [-0.1, -0.05) is 72.8 Å². The third-order valence-corrected chi connectivity index (χ3v) is 7.84. The predicted molar refractivity (Wildman–Crippen MR) is 145 cm³/mol. The monoisotopic (exact) mass is 508 g/mol. The Balaban J connectivity index is 1.25. The van der Waals surface area contributed by atoms with Crippen LogP contribution in [0.5, 0.6) is 5.75 Å². The lowest BCUT2D eigenvalue weighted by Gasteiger charge is -2.34. The standard InChI is InChI=1S/C29H36N2O4S/c1-30(36(2,32)33)27-16-9-10-17-28(27)34-23-11-20-31-21-18-26(19-22-31)35-29(24-12-5-3-6-13-24)25-14-7-4-8-15-25/h3-10,12-17,26,29H,11,18-23H2,1-2H3. The molecule has 0 atom stereocenters. The quantitative estimate of drug-likeness (QED) is 0.337. The molecule has 4 rings (SSSR count). The molecule has 0 N–H and O–H groups in total. The molecule has 1 fully saturated rings. The average molecular weight is 509 g/mol. The number of nitrogens with zero attached hydrogens (tertiary/aromatic N) is 2. The van der Waals surface area contributed by atoms with Gasteiger partial charge in [0.15, 0.2) is 0 Å². The molecule has 0 saturated carbocycles. The van der Waals surface area contributed by atoms with Crippen molar-refractivity contribution in [2.45, 2.75) is 31.5 Å². The number of piperidine rings is 1. The van der Waals surface area contributed by atoms with Crippen molar-refractivity contribution in [2.24, 2.45) is 0 Å². The Labute approximate surface area is 215 Å². The van der Waals surface area contributed by atoms with Crippen LogP contribution in [0, 0.1) is 0 Å². The van der Waals surface area contributed by atoms with Crippen LogP contribution in [-0.2, 0) is 14.8 Å². The Morgan fingerprint density at radius 2 is 1.44 bits per heavy atom. The van der Waals surface area contributed by atoms with Crippen molar-refractivity contribution >= 4 is 15.7 Å². The van der Waals surface area contributed by atoms with Crippen LogP contribution in [0.25, 0.3) is 0 Å². The highest BCUT2D eigenvalue weighted by atomic mass is 32.2. The molecular formula is C29H36N2O4S. The third kappa shape index (κ3) is 7.09. The molecule has 0 unspecified atom stereocenters. The Morgan fingerprint density at radius 3 is 2.03 bits per heavy atom. The summed E-state index contributed by atoms with van der Waals surface area (Å²) in [6, 6.07) is 28.1. The first-order chi connectivity index (χ1) is 17.4. The summed E-state index contributed by atoms with van der Waals surface area (Å²) in [6.07, 6.45) is 4.24. The molecule has 1 aliphatic heterocycles. The lowest BCUT2D eigenvalue weighted by Crippen LogP contribution is -2.38. The second kappa shape index (κ2) is 12.4. The Hall–Kier alpha value is -2.87. The number of likely N-dealkylation sites (tertiary alicyclic amines) is 1. The summed E-state index contributed by atoms with van der Waals surface area (Å²) < 4.78 is 37.7. The fourth-order valence-electron chi connectivity index (χ4n) is 4.55. The molecule has 192 valence electrons. The van der Waals surface area contributed by atoms with E-state index >= 15 is 0 Å². The Bertz CT molecular complexity index is 1140. The molecule has 1 aliphatic rings. The van der Waals surface area contributed by atoms with E-state index in [0.29, 0.717) is 18.0 Å². The number of para-hydroxylation sites is 2. The van der Waals surface area contributed by atoms with Crippen LogP contribution in [0.15, 0.2) is 84.9 Å². The van der Waals surface area contributed by atoms with Crippen LogP contribution < -0.4 is 9.04 Å². The minimum absolute atomic E-state index is 0.0533. The highest BCUT2D eigenvalue weighted by Gasteiger charge is 2.24. The van der Waals surface area contributed by atoms with Gasteiger partial charge in [-0.3, -0.25) is 4.31 Å². The van der Waals surface area contributed by atoms with Crippen LogP contribution >= 0.6 is 0 Å². The predicted octanol–water partition coefficient (Wildman–Crippen LogP) is 5.12. The van der Waals surface area contributed by atoms with Gasteiger partial charge in [0, 0.05) is 26.7 Å². The van der Waals surface area contributed by atoms with Gasteiger partial charge >= 0.3 is 0 Å². The van der Waals surface area contributed by atoms with Crippen molar-refractivity contribution in [1.29, 1.82) is 0 Å². The van der Waals surface area contributed by atoms with Crippen molar-refractivity contribution in [1.82, 2.24) is 4.90 Å². The van der Waals surface area contributed by atoms with Gasteiger partial charge in [-0.15, -0.1) is 0 Å². The van der Waals surface area contributed by atoms with Crippen LogP contribution in [-0.4, -0.2) is 59.0 Å². The number of anilines is 1. The van der Waals surface area contributed by atoms with Gasteiger partial charge in [0.2, 0.25) is 10.0 Å². The number of hydrogen-bond acceptors (Lipinski definition) is 5. The van der Waals surface area contributed by atoms with Crippen molar-refractivity contribution in [3.05, 3.63) is 96.1 Å². The molecule has 3 aromatic rings. The maximum Gasteiger partial charge on any atom is 0.232 e. The van der Waals surface area contributed by atoms with Crippen LogP contribution in [0.4, 0.5) is 5.69 Å². The maximum atomic E-state index is 11.9. The maximum absolute atomic E-state index is 11.9. The van der Waals surface area contributed by atoms with Gasteiger partial charge in [-0.05, 0) is 42.5 Å². The van der Waals surface area contributed by atoms with E-state index in [1.54, 1.807) is 13.1 Å². The Morgan fingerprint density at radius 1 is 0.889 bits per heavy atom. The summed E-state index contributed by atoms with van der Waals surface area (Å²) in [5.41, 5.74) is 2.93. The van der Waals surface area contributed by atoms with Gasteiger partial charge in [0.1, 0.15) is 11.9 Å². The van der Waals surface area contributed by atoms with E-state index in [4.69, 9.17) is 9.47 Å². The molecule has 7 heteroatoms. The highest BCUT2D eigenvalue weighted by Crippen LogP contribution is 2.31. The number of ether oxygens (including phenoxy) is 2. The second-order valence-corrected chi connectivity index (χ2v) is 11.3. The number of benzene rings is 3. The van der Waals surface area contributed by atoms with E-state index in [2.05, 4.69) is 53.4 Å². The van der Waals surface area contributed by atoms with E-state index in [-0.39, 0.29) is 12.2 Å². The van der Waals surface area contributed by atoms with Crippen molar-refractivity contribution < 1.29 is 17.9 Å². The molecule has 1 saturated heterocycles. The molecule has 0 bridgehead atoms. The topological polar surface area (TPSA) is 59.1 Å². The van der Waals surface area contributed by atoms with E-state index < -0.39 is 10.0 Å². The molecule has 36 heavy (non-hydrogen) atoms. The van der Waals surface area contributed by atoms with Crippen molar-refractivity contribution in [2.75, 3.05) is 43.8 Å². The normalized spacial score (nSPS) is 15.2. The van der Waals surface area contributed by atoms with Gasteiger partial charge in [-0.2, -0.15) is 0 Å². The number of hydrogen-bond donors (Lipinski definition) is 0. The SMILES string of the molecule is CN(c1ccccc1OCCCN1CCC(OC(c2ccccc2)c2ccccc2)CC1)S(C)(=O)=O. The largest absolute Gasteiger partial charge is 0.491 e. The van der Waals surface area contributed by atoms with Crippen LogP contribution in [0.3, 0.4) is 0 Å². The first kappa shape index (κ1) is 26.2. The zero-order valence-electron chi connectivity index (χ0n) is 21.1. The number of rotatable bonds is 11. The fourth-order valence-corrected chi connectivity index (χ4v) is 5.06. The summed E-state index contributed by atoms with van der Waals surface area (Å²) in [5, 5.41) is 0. The summed E-state index contributed by atoms with van der Waals surface area (Å²) in [7, 11) is -1.80. The van der Waals surface area contributed by atoms with Gasteiger partial charge in [0.25, 0.3) is 0 Å². The molecular weight excluding hydrogens is 472 g/mol. The number of sulfonamides is 1. The average Bonchev–Trinajstić information content (AvgIpc) is 2.91. The van der Waals surface area contributed by atoms with Gasteiger partial charge < -0.3 is 14.4 Å². The van der Waals surface area contributed by atoms with E-state index in [1.165, 1.54) is 21.7 Å². The molecule has 0 aliphatic carbocycles. The summed E-state index contributed by atoms with van der Waals surface area (Å²) >= 11 is 0. The highest BCUT2D eigenvalue weighted by molar-refractivity contribution is 7.92. The van der Waals surface area contributed by atoms with E-state index in [1.807, 2.05) is 30.3 Å². The minimum atomic E-state index is -3.34. The molecule has 0 spiro atoms. The van der Waals surface area contributed by atoms with Crippen LogP contribution in [0.1, 0.15) is 36.5 Å². The van der Waals surface area contributed by atoms with Gasteiger partial charge in [0.05, 0.1) is 24.7 Å². The van der Waals surface area contributed by atoms with Crippen LogP contribution in [0.2, 0.25) is 0 Å². The van der Waals surface area contributed by atoms with Crippen molar-refractivity contribution in [3.8, 4) is 5.75 Å². The molecule has 6 nitrogen and oxygen atoms in total. The molecule has 0 radical (unpaired) electrons. The molecule has 3 aromatic carbocycles. The first-order valence-electron chi connectivity index (χ1n) is 12.6. The van der Waals surface area contributed by atoms with E-state index in [9.17, 15) is 8.42 Å². The first-order valence-corrected chi connectivity index (χ1v) is 14.4. The Kier molecular flexibility index (Phi) is 9.02. The minimum Gasteiger partial charge on any atom is -0.491 e. The summed E-state index contributed by atoms with van der Waals surface area (Å²) in [6.45, 7) is 3.47. The lowest BCUT2D eigenvalue weighted by atomic mass is 10.00.